The fourth-order valence-electron chi connectivity index (χ4n) is 2.86. The molecule has 1 saturated heterocycles. The SMILES string of the molecule is CC(=O)N(CC(=O)N1CCN(c2ccccn2)CC1)Cc1ccco1. The quantitative estimate of drug-likeness (QED) is 0.821. The van der Waals surface area contributed by atoms with Crippen LogP contribution in [0.1, 0.15) is 12.7 Å². The summed E-state index contributed by atoms with van der Waals surface area (Å²) in [5, 5.41) is 0. The number of rotatable bonds is 5. The molecule has 1 fully saturated rings. The van der Waals surface area contributed by atoms with Crippen LogP contribution in [0.15, 0.2) is 47.2 Å². The van der Waals surface area contributed by atoms with Crippen LogP contribution in [0.3, 0.4) is 0 Å². The van der Waals surface area contributed by atoms with Crippen molar-refractivity contribution in [3.8, 4) is 0 Å². The van der Waals surface area contributed by atoms with Crippen molar-refractivity contribution >= 4 is 17.6 Å². The number of carbonyl (C=O) groups is 2. The molecule has 2 aromatic rings. The lowest BCUT2D eigenvalue weighted by Gasteiger charge is -2.36. The molecule has 1 aliphatic rings. The van der Waals surface area contributed by atoms with Crippen LogP contribution in [0.5, 0.6) is 0 Å². The molecule has 0 spiro atoms. The average molecular weight is 342 g/mol. The molecule has 3 heterocycles. The van der Waals surface area contributed by atoms with E-state index in [1.807, 2.05) is 18.2 Å². The van der Waals surface area contributed by atoms with Crippen LogP contribution in [0.4, 0.5) is 5.82 Å². The monoisotopic (exact) mass is 342 g/mol. The van der Waals surface area contributed by atoms with Crippen LogP contribution in [-0.2, 0) is 16.1 Å². The van der Waals surface area contributed by atoms with Crippen LogP contribution in [-0.4, -0.2) is 59.3 Å². The van der Waals surface area contributed by atoms with E-state index >= 15 is 0 Å². The Labute approximate surface area is 146 Å². The van der Waals surface area contributed by atoms with Crippen LogP contribution >= 0.6 is 0 Å². The molecule has 0 saturated carbocycles. The Morgan fingerprint density at radius 3 is 2.56 bits per heavy atom. The first-order chi connectivity index (χ1) is 12.1. The lowest BCUT2D eigenvalue weighted by molar-refractivity contribution is -0.140. The second-order valence-corrected chi connectivity index (χ2v) is 6.01. The number of hydrogen-bond acceptors (Lipinski definition) is 5. The normalized spacial score (nSPS) is 14.4. The van der Waals surface area contributed by atoms with Crippen LogP contribution < -0.4 is 4.90 Å². The lowest BCUT2D eigenvalue weighted by Crippen LogP contribution is -2.51. The van der Waals surface area contributed by atoms with Gasteiger partial charge in [0.15, 0.2) is 0 Å². The highest BCUT2D eigenvalue weighted by atomic mass is 16.3. The van der Waals surface area contributed by atoms with Crippen molar-refractivity contribution in [2.75, 3.05) is 37.6 Å². The molecule has 2 aromatic heterocycles. The molecule has 0 unspecified atom stereocenters. The summed E-state index contributed by atoms with van der Waals surface area (Å²) in [6.07, 6.45) is 3.33. The zero-order valence-electron chi connectivity index (χ0n) is 14.3. The molecule has 1 aliphatic heterocycles. The van der Waals surface area contributed by atoms with Crippen molar-refractivity contribution in [3.63, 3.8) is 0 Å². The number of hydrogen-bond donors (Lipinski definition) is 0. The van der Waals surface area contributed by atoms with E-state index in [0.717, 1.165) is 18.9 Å². The van der Waals surface area contributed by atoms with E-state index in [0.29, 0.717) is 25.4 Å². The molecule has 2 amide bonds. The number of pyridine rings is 1. The summed E-state index contributed by atoms with van der Waals surface area (Å²) in [4.78, 5) is 34.2. The zero-order chi connectivity index (χ0) is 17.6. The van der Waals surface area contributed by atoms with Gasteiger partial charge >= 0.3 is 0 Å². The number of nitrogens with zero attached hydrogens (tertiary/aromatic N) is 4. The Hall–Kier alpha value is -2.83. The third kappa shape index (κ3) is 4.37. The Bertz CT molecular complexity index is 694. The van der Waals surface area contributed by atoms with Gasteiger partial charge in [-0.2, -0.15) is 0 Å². The van der Waals surface area contributed by atoms with Gasteiger partial charge in [-0.25, -0.2) is 4.98 Å². The van der Waals surface area contributed by atoms with Gasteiger partial charge in [0.25, 0.3) is 0 Å². The van der Waals surface area contributed by atoms with E-state index in [1.165, 1.54) is 11.8 Å². The summed E-state index contributed by atoms with van der Waals surface area (Å²) in [5.41, 5.74) is 0. The number of aromatic nitrogens is 1. The highest BCUT2D eigenvalue weighted by molar-refractivity contribution is 5.84. The molecule has 0 radical (unpaired) electrons. The van der Waals surface area contributed by atoms with E-state index < -0.39 is 0 Å². The molecule has 0 atom stereocenters. The Morgan fingerprint density at radius 1 is 1.16 bits per heavy atom. The second-order valence-electron chi connectivity index (χ2n) is 6.01. The number of carbonyl (C=O) groups excluding carboxylic acids is 2. The van der Waals surface area contributed by atoms with Crippen molar-refractivity contribution in [1.29, 1.82) is 0 Å². The van der Waals surface area contributed by atoms with Gasteiger partial charge in [-0.05, 0) is 24.3 Å². The van der Waals surface area contributed by atoms with Gasteiger partial charge < -0.3 is 19.1 Å². The van der Waals surface area contributed by atoms with Gasteiger partial charge in [0, 0.05) is 39.3 Å². The van der Waals surface area contributed by atoms with Gasteiger partial charge in [-0.15, -0.1) is 0 Å². The Morgan fingerprint density at radius 2 is 1.96 bits per heavy atom. The smallest absolute Gasteiger partial charge is 0.242 e. The molecule has 3 rings (SSSR count). The number of piperazine rings is 1. The first-order valence-electron chi connectivity index (χ1n) is 8.35. The molecule has 132 valence electrons. The maximum atomic E-state index is 12.6. The molecule has 0 N–H and O–H groups in total. The first kappa shape index (κ1) is 17.0. The maximum Gasteiger partial charge on any atom is 0.242 e. The fourth-order valence-corrected chi connectivity index (χ4v) is 2.86. The maximum absolute atomic E-state index is 12.6. The first-order valence-corrected chi connectivity index (χ1v) is 8.35. The zero-order valence-corrected chi connectivity index (χ0v) is 14.3. The van der Waals surface area contributed by atoms with Crippen LogP contribution in [0.25, 0.3) is 0 Å². The van der Waals surface area contributed by atoms with Crippen LogP contribution in [0, 0.1) is 0 Å². The molecule has 0 bridgehead atoms. The fraction of sp³-hybridized carbons (Fsp3) is 0.389. The summed E-state index contributed by atoms with van der Waals surface area (Å²) in [6, 6.07) is 9.38. The minimum Gasteiger partial charge on any atom is -0.467 e. The largest absolute Gasteiger partial charge is 0.467 e. The summed E-state index contributed by atoms with van der Waals surface area (Å²) in [5.74, 6) is 1.42. The third-order valence-electron chi connectivity index (χ3n) is 4.30. The summed E-state index contributed by atoms with van der Waals surface area (Å²) in [6.45, 7) is 4.57. The molecule has 25 heavy (non-hydrogen) atoms. The predicted molar refractivity (Wildman–Crippen MR) is 92.8 cm³/mol. The minimum atomic E-state index is -0.142. The number of furan rings is 1. The van der Waals surface area contributed by atoms with Gasteiger partial charge in [0.1, 0.15) is 18.1 Å². The van der Waals surface area contributed by atoms with Crippen molar-refractivity contribution in [2.24, 2.45) is 0 Å². The lowest BCUT2D eigenvalue weighted by atomic mass is 10.3. The molecular weight excluding hydrogens is 320 g/mol. The topological polar surface area (TPSA) is 69.9 Å². The highest BCUT2D eigenvalue weighted by Gasteiger charge is 2.24. The summed E-state index contributed by atoms with van der Waals surface area (Å²) in [7, 11) is 0. The number of amides is 2. The second kappa shape index (κ2) is 7.83. The number of anilines is 1. The Kier molecular flexibility index (Phi) is 5.33. The van der Waals surface area contributed by atoms with E-state index in [2.05, 4.69) is 9.88 Å². The van der Waals surface area contributed by atoms with Crippen molar-refractivity contribution in [1.82, 2.24) is 14.8 Å². The standard InChI is InChI=1S/C18H22N4O3/c1-15(23)22(13-16-5-4-12-25-16)14-18(24)21-10-8-20(9-11-21)17-6-2-3-7-19-17/h2-7,12H,8-11,13-14H2,1H3. The average Bonchev–Trinajstić information content (AvgIpc) is 3.15. The molecule has 0 aromatic carbocycles. The van der Waals surface area contributed by atoms with E-state index in [9.17, 15) is 9.59 Å². The molecule has 7 heteroatoms. The van der Waals surface area contributed by atoms with E-state index in [4.69, 9.17) is 4.42 Å². The molecular formula is C18H22N4O3. The minimum absolute atomic E-state index is 0.0394. The van der Waals surface area contributed by atoms with Crippen molar-refractivity contribution in [3.05, 3.63) is 48.6 Å². The highest BCUT2D eigenvalue weighted by Crippen LogP contribution is 2.13. The molecule has 0 aliphatic carbocycles. The molecule has 7 nitrogen and oxygen atoms in total. The Balaban J connectivity index is 1.53. The predicted octanol–water partition coefficient (Wildman–Crippen LogP) is 1.37. The van der Waals surface area contributed by atoms with Crippen LogP contribution in [0.2, 0.25) is 0 Å². The van der Waals surface area contributed by atoms with E-state index in [-0.39, 0.29) is 18.4 Å². The van der Waals surface area contributed by atoms with Gasteiger partial charge in [0.2, 0.25) is 11.8 Å². The van der Waals surface area contributed by atoms with Crippen molar-refractivity contribution < 1.29 is 14.0 Å². The van der Waals surface area contributed by atoms with Gasteiger partial charge in [0.05, 0.1) is 12.8 Å². The van der Waals surface area contributed by atoms with Gasteiger partial charge in [-0.1, -0.05) is 6.07 Å². The van der Waals surface area contributed by atoms with Gasteiger partial charge in [-0.3, -0.25) is 9.59 Å². The summed E-state index contributed by atoms with van der Waals surface area (Å²) >= 11 is 0. The third-order valence-corrected chi connectivity index (χ3v) is 4.30. The summed E-state index contributed by atoms with van der Waals surface area (Å²) < 4.78 is 5.27. The van der Waals surface area contributed by atoms with Crippen molar-refractivity contribution in [2.45, 2.75) is 13.5 Å². The van der Waals surface area contributed by atoms with E-state index in [1.54, 1.807) is 29.5 Å².